The van der Waals surface area contributed by atoms with Gasteiger partial charge in [-0.3, -0.25) is 4.57 Å². The molecule has 0 aliphatic carbocycles. The number of para-hydroxylation sites is 2. The number of rotatable bonds is 5. The zero-order valence-corrected chi connectivity index (χ0v) is 19.4. The third-order valence-corrected chi connectivity index (χ3v) is 6.43. The highest BCUT2D eigenvalue weighted by Crippen LogP contribution is 2.31. The molecule has 0 unspecified atom stereocenters. The Morgan fingerprint density at radius 2 is 1.83 bits per heavy atom. The van der Waals surface area contributed by atoms with Crippen molar-refractivity contribution in [2.45, 2.75) is 25.5 Å². The number of aryl methyl sites for hydroxylation is 1. The second-order valence-corrected chi connectivity index (χ2v) is 8.72. The maximum atomic E-state index is 13.8. The van der Waals surface area contributed by atoms with Crippen LogP contribution in [0.3, 0.4) is 0 Å². The molecule has 1 aliphatic heterocycles. The molecule has 0 atom stereocenters. The zero-order chi connectivity index (χ0) is 24.8. The molecule has 36 heavy (non-hydrogen) atoms. The molecule has 4 heterocycles. The van der Waals surface area contributed by atoms with Crippen LogP contribution in [-0.2, 0) is 7.05 Å². The number of hydrogen-bond donors (Lipinski definition) is 0. The molecule has 0 radical (unpaired) electrons. The van der Waals surface area contributed by atoms with Gasteiger partial charge in [-0.15, -0.1) is 0 Å². The first kappa shape index (κ1) is 22.3. The van der Waals surface area contributed by atoms with Crippen LogP contribution in [0.1, 0.15) is 19.4 Å². The lowest BCUT2D eigenvalue weighted by molar-refractivity contribution is 0.0752. The number of ether oxygens (including phenoxy) is 1. The van der Waals surface area contributed by atoms with E-state index in [2.05, 4.69) is 20.1 Å². The topological polar surface area (TPSA) is 73.9 Å². The molecule has 184 valence electrons. The van der Waals surface area contributed by atoms with Crippen LogP contribution in [0.5, 0.6) is 6.01 Å². The predicted molar refractivity (Wildman–Crippen MR) is 129 cm³/mol. The van der Waals surface area contributed by atoms with Gasteiger partial charge < -0.3 is 9.64 Å². The van der Waals surface area contributed by atoms with Gasteiger partial charge in [0.25, 0.3) is 0 Å². The van der Waals surface area contributed by atoms with Gasteiger partial charge >= 0.3 is 12.6 Å². The first-order chi connectivity index (χ1) is 17.5. The van der Waals surface area contributed by atoms with Crippen LogP contribution in [0.15, 0.2) is 54.7 Å². The molecule has 3 aromatic heterocycles. The average Bonchev–Trinajstić information content (AvgIpc) is 3.43. The third-order valence-electron chi connectivity index (χ3n) is 6.43. The molecular formula is C25H22F3N7O. The van der Waals surface area contributed by atoms with Crippen molar-refractivity contribution in [3.63, 3.8) is 0 Å². The van der Waals surface area contributed by atoms with Crippen molar-refractivity contribution in [1.82, 2.24) is 29.3 Å². The largest absolute Gasteiger partial charge is 0.460 e. The zero-order valence-electron chi connectivity index (χ0n) is 19.4. The van der Waals surface area contributed by atoms with Crippen molar-refractivity contribution < 1.29 is 17.9 Å². The first-order valence-electron chi connectivity index (χ1n) is 11.6. The van der Waals surface area contributed by atoms with E-state index in [4.69, 9.17) is 4.74 Å². The van der Waals surface area contributed by atoms with E-state index in [1.165, 1.54) is 12.1 Å². The molecule has 1 saturated heterocycles. The van der Waals surface area contributed by atoms with E-state index in [-0.39, 0.29) is 23.9 Å². The highest BCUT2D eigenvalue weighted by Gasteiger charge is 2.28. The van der Waals surface area contributed by atoms with Gasteiger partial charge in [-0.05, 0) is 24.3 Å². The maximum Gasteiger partial charge on any atom is 0.321 e. The summed E-state index contributed by atoms with van der Waals surface area (Å²) in [5.41, 5.74) is 2.76. The van der Waals surface area contributed by atoms with Gasteiger partial charge in [-0.2, -0.15) is 18.9 Å². The highest BCUT2D eigenvalue weighted by atomic mass is 19.3. The lowest BCUT2D eigenvalue weighted by atomic mass is 10.1. The van der Waals surface area contributed by atoms with E-state index in [9.17, 15) is 13.2 Å². The number of halogens is 3. The molecule has 6 rings (SSSR count). The Labute approximate surface area is 204 Å². The Kier molecular flexibility index (Phi) is 5.46. The molecule has 0 amide bonds. The number of anilines is 1. The van der Waals surface area contributed by atoms with Gasteiger partial charge in [0.2, 0.25) is 5.95 Å². The maximum absolute atomic E-state index is 13.8. The Morgan fingerprint density at radius 3 is 2.61 bits per heavy atom. The van der Waals surface area contributed by atoms with Crippen molar-refractivity contribution in [3.8, 4) is 17.3 Å². The van der Waals surface area contributed by atoms with Crippen LogP contribution in [0, 0.1) is 5.82 Å². The van der Waals surface area contributed by atoms with Crippen molar-refractivity contribution in [1.29, 1.82) is 0 Å². The fraction of sp³-hybridized carbons (Fsp3) is 0.280. The summed E-state index contributed by atoms with van der Waals surface area (Å²) in [5, 5.41) is 5.18. The van der Waals surface area contributed by atoms with Gasteiger partial charge in [-0.25, -0.2) is 19.0 Å². The normalized spacial score (nSPS) is 14.9. The van der Waals surface area contributed by atoms with E-state index in [1.54, 1.807) is 54.3 Å². The van der Waals surface area contributed by atoms with Crippen LogP contribution in [0.4, 0.5) is 19.1 Å². The van der Waals surface area contributed by atoms with Crippen molar-refractivity contribution >= 4 is 28.0 Å². The molecular weight excluding hydrogens is 471 g/mol. The summed E-state index contributed by atoms with van der Waals surface area (Å²) in [7, 11) is 1.76. The molecule has 1 aliphatic rings. The smallest absolute Gasteiger partial charge is 0.321 e. The van der Waals surface area contributed by atoms with Gasteiger partial charge in [-0.1, -0.05) is 24.3 Å². The number of hydrogen-bond acceptors (Lipinski definition) is 6. The molecule has 2 aromatic carbocycles. The molecule has 0 bridgehead atoms. The summed E-state index contributed by atoms with van der Waals surface area (Å²) in [6.07, 6.45) is 2.67. The van der Waals surface area contributed by atoms with Crippen molar-refractivity contribution in [2.75, 3.05) is 18.0 Å². The average molecular weight is 493 g/mol. The molecule has 8 nitrogen and oxygen atoms in total. The molecule has 5 aromatic rings. The minimum absolute atomic E-state index is 0.168. The van der Waals surface area contributed by atoms with Gasteiger partial charge in [0, 0.05) is 44.7 Å². The van der Waals surface area contributed by atoms with E-state index in [1.807, 2.05) is 4.90 Å². The summed E-state index contributed by atoms with van der Waals surface area (Å²) >= 11 is 0. The summed E-state index contributed by atoms with van der Waals surface area (Å²) in [4.78, 5) is 15.2. The summed E-state index contributed by atoms with van der Waals surface area (Å²) in [6, 6.07) is 13.3. The SMILES string of the molecule is Cn1nc(-c2cccc(F)c2)c2cnc(OC3CCN(c4nc5ccccc5n4C(F)F)CC3)nc21. The fourth-order valence-corrected chi connectivity index (χ4v) is 4.70. The monoisotopic (exact) mass is 493 g/mol. The minimum Gasteiger partial charge on any atom is -0.460 e. The van der Waals surface area contributed by atoms with Gasteiger partial charge in [0.05, 0.1) is 16.4 Å². The van der Waals surface area contributed by atoms with Crippen LogP contribution >= 0.6 is 0 Å². The Morgan fingerprint density at radius 1 is 1.03 bits per heavy atom. The quantitative estimate of drug-likeness (QED) is 0.345. The standard InChI is InChI=1S/C25H22F3N7O/c1-33-22-18(21(32-33)15-5-4-6-16(26)13-15)14-29-24(31-22)36-17-9-11-34(12-10-17)25-30-19-7-2-3-8-20(19)35(25)23(27)28/h2-8,13-14,17,23H,9-12H2,1H3. The number of benzene rings is 2. The molecule has 0 spiro atoms. The lowest BCUT2D eigenvalue weighted by Crippen LogP contribution is -2.39. The van der Waals surface area contributed by atoms with Crippen LogP contribution < -0.4 is 9.64 Å². The minimum atomic E-state index is -2.68. The number of fused-ring (bicyclic) bond motifs is 2. The summed E-state index contributed by atoms with van der Waals surface area (Å²) < 4.78 is 50.0. The van der Waals surface area contributed by atoms with Crippen molar-refractivity contribution in [2.24, 2.45) is 7.05 Å². The molecule has 11 heteroatoms. The van der Waals surface area contributed by atoms with Gasteiger partial charge in [0.1, 0.15) is 17.6 Å². The number of alkyl halides is 2. The Bertz CT molecular complexity index is 1560. The summed E-state index contributed by atoms with van der Waals surface area (Å²) in [5.74, 6) is -0.0790. The van der Waals surface area contributed by atoms with Crippen LogP contribution in [0.25, 0.3) is 33.3 Å². The van der Waals surface area contributed by atoms with Crippen LogP contribution in [-0.4, -0.2) is 48.5 Å². The fourth-order valence-electron chi connectivity index (χ4n) is 4.70. The van der Waals surface area contributed by atoms with Crippen molar-refractivity contribution in [3.05, 3.63) is 60.5 Å². The lowest BCUT2D eigenvalue weighted by Gasteiger charge is -2.32. The third kappa shape index (κ3) is 3.90. The summed E-state index contributed by atoms with van der Waals surface area (Å²) in [6.45, 7) is -1.66. The number of aromatic nitrogens is 6. The second-order valence-electron chi connectivity index (χ2n) is 8.72. The van der Waals surface area contributed by atoms with Crippen LogP contribution in [0.2, 0.25) is 0 Å². The van der Waals surface area contributed by atoms with E-state index < -0.39 is 6.55 Å². The van der Waals surface area contributed by atoms with E-state index in [0.717, 1.165) is 4.57 Å². The Balaban J connectivity index is 1.19. The molecule has 0 N–H and O–H groups in total. The number of nitrogens with zero attached hydrogens (tertiary/aromatic N) is 7. The Hall–Kier alpha value is -4.15. The van der Waals surface area contributed by atoms with E-state index in [0.29, 0.717) is 59.3 Å². The predicted octanol–water partition coefficient (Wildman–Crippen LogP) is 4.96. The highest BCUT2D eigenvalue weighted by molar-refractivity contribution is 5.90. The van der Waals surface area contributed by atoms with E-state index >= 15 is 0 Å². The second kappa shape index (κ2) is 8.81. The number of imidazole rings is 1. The first-order valence-corrected chi connectivity index (χ1v) is 11.6. The molecule has 0 saturated carbocycles. The van der Waals surface area contributed by atoms with Gasteiger partial charge in [0.15, 0.2) is 5.65 Å². The molecule has 1 fully saturated rings. The number of piperidine rings is 1.